The number of aryl methyl sites for hydroxylation is 2. The second-order valence-corrected chi connectivity index (χ2v) is 4.58. The third-order valence-corrected chi connectivity index (χ3v) is 3.07. The van der Waals surface area contributed by atoms with Gasteiger partial charge in [-0.15, -0.1) is 10.2 Å². The maximum atomic E-state index is 12.8. The largest absolute Gasteiger partial charge is 0.283 e. The number of hydrogen-bond acceptors (Lipinski definition) is 3. The zero-order valence-electron chi connectivity index (χ0n) is 11.2. The predicted molar refractivity (Wildman–Crippen MR) is 75.2 cm³/mol. The van der Waals surface area contributed by atoms with Gasteiger partial charge in [0.2, 0.25) is 0 Å². The molecule has 100 valence electrons. The highest BCUT2D eigenvalue weighted by Gasteiger charge is 2.09. The Morgan fingerprint density at radius 2 is 1.80 bits per heavy atom. The molecular formula is C15H13FN4. The molecule has 0 saturated carbocycles. The van der Waals surface area contributed by atoms with Gasteiger partial charge in [0.1, 0.15) is 11.5 Å². The van der Waals surface area contributed by atoms with E-state index in [9.17, 15) is 4.39 Å². The van der Waals surface area contributed by atoms with E-state index in [4.69, 9.17) is 0 Å². The summed E-state index contributed by atoms with van der Waals surface area (Å²) >= 11 is 0. The van der Waals surface area contributed by atoms with Crippen LogP contribution in [0.2, 0.25) is 0 Å². The summed E-state index contributed by atoms with van der Waals surface area (Å²) in [6.07, 6.45) is 1.90. The molecule has 0 atom stereocenters. The fourth-order valence-corrected chi connectivity index (χ4v) is 2.04. The average Bonchev–Trinajstić information content (AvgIpc) is 2.76. The zero-order chi connectivity index (χ0) is 14.1. The monoisotopic (exact) mass is 268 g/mol. The number of fused-ring (bicyclic) bond motifs is 1. The first-order chi connectivity index (χ1) is 9.65. The molecule has 2 heterocycles. The van der Waals surface area contributed by atoms with E-state index in [1.165, 1.54) is 12.1 Å². The van der Waals surface area contributed by atoms with Crippen LogP contribution >= 0.6 is 0 Å². The van der Waals surface area contributed by atoms with Crippen LogP contribution in [0.3, 0.4) is 0 Å². The molecule has 1 aromatic carbocycles. The fraction of sp³-hybridized carbons (Fsp3) is 0.133. The van der Waals surface area contributed by atoms with Gasteiger partial charge in [0.25, 0.3) is 0 Å². The van der Waals surface area contributed by atoms with Crippen molar-refractivity contribution in [1.29, 1.82) is 0 Å². The van der Waals surface area contributed by atoms with Gasteiger partial charge in [-0.05, 0) is 49.7 Å². The predicted octanol–water partition coefficient (Wildman–Crippen LogP) is 4.51. The van der Waals surface area contributed by atoms with E-state index in [1.807, 2.05) is 36.6 Å². The summed E-state index contributed by atoms with van der Waals surface area (Å²) in [5.74, 6) is 0.401. The van der Waals surface area contributed by atoms with E-state index in [2.05, 4.69) is 15.2 Å². The molecule has 3 rings (SSSR count). The first-order valence-electron chi connectivity index (χ1n) is 6.27. The minimum absolute atomic E-state index is 0.287. The van der Waals surface area contributed by atoms with Gasteiger partial charge in [0.15, 0.2) is 5.82 Å². The number of hydrogen-bond donors (Lipinski definition) is 0. The van der Waals surface area contributed by atoms with Crippen LogP contribution in [-0.4, -0.2) is 9.38 Å². The van der Waals surface area contributed by atoms with E-state index in [-0.39, 0.29) is 5.82 Å². The highest BCUT2D eigenvalue weighted by atomic mass is 19.1. The summed E-state index contributed by atoms with van der Waals surface area (Å²) in [6, 6.07) is 9.84. The molecular weight excluding hydrogens is 255 g/mol. The van der Waals surface area contributed by atoms with Crippen molar-refractivity contribution in [3.05, 3.63) is 59.7 Å². The summed E-state index contributed by atoms with van der Waals surface area (Å²) in [5.41, 5.74) is 3.37. The smallest absolute Gasteiger partial charge is 0.182 e. The Morgan fingerprint density at radius 3 is 2.55 bits per heavy atom. The molecule has 20 heavy (non-hydrogen) atoms. The Hall–Kier alpha value is -2.56. The molecule has 0 radical (unpaired) electrons. The molecule has 0 aliphatic rings. The van der Waals surface area contributed by atoms with E-state index in [0.717, 1.165) is 16.9 Å². The van der Waals surface area contributed by atoms with Gasteiger partial charge in [-0.3, -0.25) is 4.40 Å². The summed E-state index contributed by atoms with van der Waals surface area (Å²) in [4.78, 5) is 4.49. The number of rotatable bonds is 2. The topological polar surface area (TPSA) is 42.0 Å². The van der Waals surface area contributed by atoms with Gasteiger partial charge in [-0.25, -0.2) is 9.37 Å². The first kappa shape index (κ1) is 12.5. The van der Waals surface area contributed by atoms with Crippen LogP contribution in [0.25, 0.3) is 5.65 Å². The molecule has 0 bridgehead atoms. The van der Waals surface area contributed by atoms with Crippen LogP contribution in [0.15, 0.2) is 52.8 Å². The van der Waals surface area contributed by atoms with Crippen molar-refractivity contribution in [2.45, 2.75) is 13.8 Å². The maximum absolute atomic E-state index is 12.8. The molecule has 4 nitrogen and oxygen atoms in total. The Labute approximate surface area is 115 Å². The molecule has 0 aliphatic carbocycles. The Morgan fingerprint density at radius 1 is 1.05 bits per heavy atom. The molecule has 0 saturated heterocycles. The number of azo groups is 1. The third kappa shape index (κ3) is 2.18. The summed E-state index contributed by atoms with van der Waals surface area (Å²) in [7, 11) is 0. The van der Waals surface area contributed by atoms with Crippen molar-refractivity contribution >= 4 is 17.2 Å². The highest BCUT2D eigenvalue weighted by molar-refractivity contribution is 5.56. The number of aromatic nitrogens is 2. The molecule has 3 aromatic rings. The van der Waals surface area contributed by atoms with Crippen LogP contribution in [0, 0.1) is 19.7 Å². The lowest BCUT2D eigenvalue weighted by Gasteiger charge is -1.98. The van der Waals surface area contributed by atoms with Crippen molar-refractivity contribution in [2.24, 2.45) is 10.2 Å². The van der Waals surface area contributed by atoms with E-state index in [0.29, 0.717) is 11.5 Å². The number of imidazole rings is 1. The van der Waals surface area contributed by atoms with E-state index >= 15 is 0 Å². The molecule has 0 unspecified atom stereocenters. The minimum atomic E-state index is -0.287. The molecule has 0 N–H and O–H groups in total. The zero-order valence-corrected chi connectivity index (χ0v) is 11.2. The van der Waals surface area contributed by atoms with Crippen LogP contribution in [-0.2, 0) is 0 Å². The quantitative estimate of drug-likeness (QED) is 0.631. The number of benzene rings is 1. The van der Waals surface area contributed by atoms with Crippen LogP contribution < -0.4 is 0 Å². The molecule has 0 fully saturated rings. The van der Waals surface area contributed by atoms with E-state index < -0.39 is 0 Å². The highest BCUT2D eigenvalue weighted by Crippen LogP contribution is 2.24. The summed E-state index contributed by atoms with van der Waals surface area (Å²) in [5, 5.41) is 8.37. The van der Waals surface area contributed by atoms with E-state index in [1.54, 1.807) is 12.1 Å². The van der Waals surface area contributed by atoms with Crippen molar-refractivity contribution in [3.63, 3.8) is 0 Å². The minimum Gasteiger partial charge on any atom is -0.283 e. The molecule has 0 spiro atoms. The summed E-state index contributed by atoms with van der Waals surface area (Å²) < 4.78 is 14.7. The SMILES string of the molecule is Cc1nc2c(C)cccn2c1N=Nc1ccc(F)cc1. The molecule has 0 aliphatic heterocycles. The first-order valence-corrected chi connectivity index (χ1v) is 6.27. The van der Waals surface area contributed by atoms with Crippen molar-refractivity contribution in [3.8, 4) is 0 Å². The Kier molecular flexibility index (Phi) is 3.02. The normalized spacial score (nSPS) is 11.6. The van der Waals surface area contributed by atoms with Gasteiger partial charge in [0.05, 0.1) is 11.4 Å². The van der Waals surface area contributed by atoms with Crippen LogP contribution in [0.4, 0.5) is 15.9 Å². The molecule has 2 aromatic heterocycles. The van der Waals surface area contributed by atoms with Crippen molar-refractivity contribution < 1.29 is 4.39 Å². The third-order valence-electron chi connectivity index (χ3n) is 3.07. The summed E-state index contributed by atoms with van der Waals surface area (Å²) in [6.45, 7) is 3.90. The number of nitrogens with zero attached hydrogens (tertiary/aromatic N) is 4. The van der Waals surface area contributed by atoms with Crippen LogP contribution in [0.5, 0.6) is 0 Å². The second kappa shape index (κ2) is 4.85. The van der Waals surface area contributed by atoms with Crippen LogP contribution in [0.1, 0.15) is 11.3 Å². The van der Waals surface area contributed by atoms with Gasteiger partial charge in [0, 0.05) is 6.20 Å². The number of pyridine rings is 1. The Bertz CT molecular complexity index is 787. The van der Waals surface area contributed by atoms with Gasteiger partial charge in [-0.2, -0.15) is 0 Å². The fourth-order valence-electron chi connectivity index (χ4n) is 2.04. The lowest BCUT2D eigenvalue weighted by Crippen LogP contribution is -1.85. The standard InChI is InChI=1S/C15H13FN4/c1-10-4-3-9-20-14(10)17-11(2)15(20)19-18-13-7-5-12(16)6-8-13/h3-9H,1-2H3. The number of halogens is 1. The maximum Gasteiger partial charge on any atom is 0.182 e. The van der Waals surface area contributed by atoms with Gasteiger partial charge >= 0.3 is 0 Å². The van der Waals surface area contributed by atoms with Gasteiger partial charge < -0.3 is 0 Å². The van der Waals surface area contributed by atoms with Gasteiger partial charge in [-0.1, -0.05) is 6.07 Å². The lowest BCUT2D eigenvalue weighted by atomic mass is 10.3. The van der Waals surface area contributed by atoms with Crippen molar-refractivity contribution in [1.82, 2.24) is 9.38 Å². The Balaban J connectivity index is 2.04. The molecule has 0 amide bonds. The molecule has 5 heteroatoms. The second-order valence-electron chi connectivity index (χ2n) is 4.58. The van der Waals surface area contributed by atoms with Crippen molar-refractivity contribution in [2.75, 3.05) is 0 Å². The average molecular weight is 268 g/mol. The lowest BCUT2D eigenvalue weighted by molar-refractivity contribution is 0.628.